The molecular formula is C11H15NO3. The van der Waals surface area contributed by atoms with Crippen LogP contribution in [0.5, 0.6) is 0 Å². The molecule has 1 unspecified atom stereocenters. The highest BCUT2D eigenvalue weighted by Gasteiger charge is 2.10. The molecule has 0 amide bonds. The van der Waals surface area contributed by atoms with Crippen LogP contribution in [0.15, 0.2) is 24.5 Å². The van der Waals surface area contributed by atoms with Crippen molar-refractivity contribution in [2.24, 2.45) is 0 Å². The van der Waals surface area contributed by atoms with Gasteiger partial charge in [0, 0.05) is 18.8 Å². The Morgan fingerprint density at radius 3 is 3.07 bits per heavy atom. The molecule has 0 aromatic carbocycles. The Morgan fingerprint density at radius 1 is 1.67 bits per heavy atom. The minimum Gasteiger partial charge on any atom is -0.466 e. The third-order valence-corrected chi connectivity index (χ3v) is 2.00. The van der Waals surface area contributed by atoms with Gasteiger partial charge in [-0.1, -0.05) is 6.07 Å². The van der Waals surface area contributed by atoms with Crippen LogP contribution in [0.25, 0.3) is 0 Å². The summed E-state index contributed by atoms with van der Waals surface area (Å²) in [6.45, 7) is 2.14. The molecule has 4 heteroatoms. The Hall–Kier alpha value is -1.42. The van der Waals surface area contributed by atoms with E-state index in [0.717, 1.165) is 5.56 Å². The minimum atomic E-state index is -0.650. The monoisotopic (exact) mass is 209 g/mol. The Kier molecular flexibility index (Phi) is 4.77. The molecule has 1 rings (SSSR count). The normalized spacial score (nSPS) is 12.1. The van der Waals surface area contributed by atoms with Crippen LogP contribution in [0.2, 0.25) is 0 Å². The van der Waals surface area contributed by atoms with Crippen molar-refractivity contribution in [2.45, 2.75) is 25.9 Å². The molecule has 0 fully saturated rings. The maximum absolute atomic E-state index is 11.0. The van der Waals surface area contributed by atoms with Crippen molar-refractivity contribution >= 4 is 5.97 Å². The van der Waals surface area contributed by atoms with Crippen molar-refractivity contribution < 1.29 is 14.6 Å². The topological polar surface area (TPSA) is 59.4 Å². The summed E-state index contributed by atoms with van der Waals surface area (Å²) in [5.74, 6) is -0.277. The smallest absolute Gasteiger partial charge is 0.305 e. The number of ether oxygens (including phenoxy) is 1. The molecule has 1 aromatic rings. The third kappa shape index (κ3) is 4.08. The number of carbonyl (C=O) groups excluding carboxylic acids is 1. The van der Waals surface area contributed by atoms with Gasteiger partial charge in [-0.25, -0.2) is 0 Å². The number of carbonyl (C=O) groups is 1. The number of rotatable bonds is 5. The van der Waals surface area contributed by atoms with Gasteiger partial charge in [0.25, 0.3) is 0 Å². The van der Waals surface area contributed by atoms with E-state index >= 15 is 0 Å². The first-order valence-electron chi connectivity index (χ1n) is 4.97. The van der Waals surface area contributed by atoms with Gasteiger partial charge in [0.15, 0.2) is 0 Å². The number of pyridine rings is 1. The molecule has 15 heavy (non-hydrogen) atoms. The highest BCUT2D eigenvalue weighted by molar-refractivity contribution is 5.69. The largest absolute Gasteiger partial charge is 0.466 e. The Bertz CT molecular complexity index is 300. The average molecular weight is 209 g/mol. The first kappa shape index (κ1) is 11.7. The lowest BCUT2D eigenvalue weighted by Crippen LogP contribution is -2.07. The number of hydrogen-bond donors (Lipinski definition) is 1. The first-order valence-corrected chi connectivity index (χ1v) is 4.97. The Balaban J connectivity index is 2.37. The van der Waals surface area contributed by atoms with Crippen LogP contribution in [0, 0.1) is 0 Å². The van der Waals surface area contributed by atoms with Crippen LogP contribution >= 0.6 is 0 Å². The van der Waals surface area contributed by atoms with Crippen molar-refractivity contribution in [1.82, 2.24) is 4.98 Å². The third-order valence-electron chi connectivity index (χ3n) is 2.00. The van der Waals surface area contributed by atoms with Gasteiger partial charge in [0.05, 0.1) is 12.7 Å². The Morgan fingerprint density at radius 2 is 2.47 bits per heavy atom. The molecule has 0 spiro atoms. The summed E-state index contributed by atoms with van der Waals surface area (Å²) in [4.78, 5) is 14.9. The van der Waals surface area contributed by atoms with Gasteiger partial charge in [-0.05, 0) is 25.0 Å². The zero-order chi connectivity index (χ0) is 11.1. The van der Waals surface area contributed by atoms with Crippen molar-refractivity contribution in [1.29, 1.82) is 0 Å². The van der Waals surface area contributed by atoms with Gasteiger partial charge in [-0.15, -0.1) is 0 Å². The van der Waals surface area contributed by atoms with Gasteiger partial charge in [-0.3, -0.25) is 9.78 Å². The highest BCUT2D eigenvalue weighted by atomic mass is 16.5. The van der Waals surface area contributed by atoms with Gasteiger partial charge in [0.2, 0.25) is 0 Å². The number of aliphatic hydroxyl groups excluding tert-OH is 1. The fourth-order valence-corrected chi connectivity index (χ4v) is 1.23. The van der Waals surface area contributed by atoms with E-state index < -0.39 is 6.10 Å². The predicted octanol–water partition coefficient (Wildman–Crippen LogP) is 1.46. The van der Waals surface area contributed by atoms with E-state index in [1.54, 1.807) is 31.5 Å². The van der Waals surface area contributed by atoms with Crippen molar-refractivity contribution in [2.75, 3.05) is 6.61 Å². The van der Waals surface area contributed by atoms with Gasteiger partial charge >= 0.3 is 5.97 Å². The van der Waals surface area contributed by atoms with Crippen LogP contribution in [0.1, 0.15) is 31.4 Å². The van der Waals surface area contributed by atoms with Crippen LogP contribution < -0.4 is 0 Å². The van der Waals surface area contributed by atoms with E-state index in [0.29, 0.717) is 13.0 Å². The molecule has 1 atom stereocenters. The molecule has 1 heterocycles. The molecule has 0 aliphatic rings. The SMILES string of the molecule is CCOC(=O)CCC(O)c1cccnc1. The molecule has 4 nitrogen and oxygen atoms in total. The minimum absolute atomic E-state index is 0.226. The standard InChI is InChI=1S/C11H15NO3/c1-2-15-11(14)6-5-10(13)9-4-3-7-12-8-9/h3-4,7-8,10,13H,2,5-6H2,1H3. The molecule has 1 N–H and O–H groups in total. The second kappa shape index (κ2) is 6.14. The quantitative estimate of drug-likeness (QED) is 0.746. The molecule has 0 radical (unpaired) electrons. The summed E-state index contributed by atoms with van der Waals surface area (Å²) in [6.07, 6.45) is 3.18. The zero-order valence-electron chi connectivity index (χ0n) is 8.72. The van der Waals surface area contributed by atoms with E-state index in [2.05, 4.69) is 4.98 Å². The first-order chi connectivity index (χ1) is 7.24. The summed E-state index contributed by atoms with van der Waals surface area (Å²) in [5, 5.41) is 9.69. The summed E-state index contributed by atoms with van der Waals surface area (Å²) >= 11 is 0. The van der Waals surface area contributed by atoms with Crippen LogP contribution in [0.3, 0.4) is 0 Å². The van der Waals surface area contributed by atoms with E-state index in [4.69, 9.17) is 4.74 Å². The van der Waals surface area contributed by atoms with E-state index in [1.807, 2.05) is 0 Å². The molecule has 0 aliphatic heterocycles. The van der Waals surface area contributed by atoms with E-state index in [1.165, 1.54) is 0 Å². The summed E-state index contributed by atoms with van der Waals surface area (Å²) in [6, 6.07) is 3.53. The predicted molar refractivity (Wildman–Crippen MR) is 55.1 cm³/mol. The van der Waals surface area contributed by atoms with Crippen LogP contribution in [-0.2, 0) is 9.53 Å². The van der Waals surface area contributed by atoms with Gasteiger partial charge in [-0.2, -0.15) is 0 Å². The lowest BCUT2D eigenvalue weighted by atomic mass is 10.1. The van der Waals surface area contributed by atoms with Crippen molar-refractivity contribution in [3.05, 3.63) is 30.1 Å². The molecule has 0 aliphatic carbocycles. The second-order valence-corrected chi connectivity index (χ2v) is 3.15. The van der Waals surface area contributed by atoms with Gasteiger partial charge < -0.3 is 9.84 Å². The van der Waals surface area contributed by atoms with E-state index in [-0.39, 0.29) is 12.4 Å². The molecule has 82 valence electrons. The summed E-state index contributed by atoms with van der Waals surface area (Å²) in [7, 11) is 0. The summed E-state index contributed by atoms with van der Waals surface area (Å²) in [5.41, 5.74) is 0.724. The molecular weight excluding hydrogens is 194 g/mol. The number of aromatic nitrogens is 1. The lowest BCUT2D eigenvalue weighted by molar-refractivity contribution is -0.143. The molecule has 0 bridgehead atoms. The molecule has 0 saturated heterocycles. The van der Waals surface area contributed by atoms with Crippen LogP contribution in [-0.4, -0.2) is 22.7 Å². The summed E-state index contributed by atoms with van der Waals surface area (Å²) < 4.78 is 4.76. The van der Waals surface area contributed by atoms with Crippen LogP contribution in [0.4, 0.5) is 0 Å². The van der Waals surface area contributed by atoms with E-state index in [9.17, 15) is 9.90 Å². The fraction of sp³-hybridized carbons (Fsp3) is 0.455. The maximum Gasteiger partial charge on any atom is 0.305 e. The number of aliphatic hydroxyl groups is 1. The van der Waals surface area contributed by atoms with Gasteiger partial charge in [0.1, 0.15) is 0 Å². The number of nitrogens with zero attached hydrogens (tertiary/aromatic N) is 1. The molecule has 1 aromatic heterocycles. The van der Waals surface area contributed by atoms with Crippen molar-refractivity contribution in [3.63, 3.8) is 0 Å². The average Bonchev–Trinajstić information content (AvgIpc) is 2.27. The lowest BCUT2D eigenvalue weighted by Gasteiger charge is -2.09. The zero-order valence-corrected chi connectivity index (χ0v) is 8.72. The highest BCUT2D eigenvalue weighted by Crippen LogP contribution is 2.16. The number of hydrogen-bond acceptors (Lipinski definition) is 4. The molecule has 0 saturated carbocycles. The Labute approximate surface area is 88.9 Å². The van der Waals surface area contributed by atoms with Crippen molar-refractivity contribution in [3.8, 4) is 0 Å². The fourth-order valence-electron chi connectivity index (χ4n) is 1.23. The second-order valence-electron chi connectivity index (χ2n) is 3.15. The number of esters is 1. The maximum atomic E-state index is 11.0.